The Balaban J connectivity index is 1.46. The van der Waals surface area contributed by atoms with Crippen molar-refractivity contribution in [2.75, 3.05) is 12.4 Å². The van der Waals surface area contributed by atoms with Crippen LogP contribution in [-0.4, -0.2) is 29.4 Å². The van der Waals surface area contributed by atoms with Crippen LogP contribution in [0.15, 0.2) is 81.6 Å². The fourth-order valence-corrected chi connectivity index (χ4v) is 3.99. The molecule has 0 aliphatic heterocycles. The third kappa shape index (κ3) is 5.22. The number of aliphatic imine (C=N–C) groups is 1. The molecule has 4 rings (SSSR count). The molecule has 0 saturated heterocycles. The Hall–Kier alpha value is -3.49. The van der Waals surface area contributed by atoms with Crippen molar-refractivity contribution >= 4 is 56.0 Å². The van der Waals surface area contributed by atoms with Gasteiger partial charge in [0.15, 0.2) is 0 Å². The molecular formula is C24H18BrN3O3S. The zero-order valence-corrected chi connectivity index (χ0v) is 19.4. The molecular weight excluding hydrogens is 490 g/mol. The Labute approximate surface area is 197 Å². The van der Waals surface area contributed by atoms with Gasteiger partial charge in [0, 0.05) is 27.3 Å². The second kappa shape index (κ2) is 9.76. The molecule has 160 valence electrons. The molecule has 2 N–H and O–H groups in total. The second-order valence-corrected chi connectivity index (χ2v) is 8.50. The summed E-state index contributed by atoms with van der Waals surface area (Å²) in [6.45, 7) is 0. The average Bonchev–Trinajstić information content (AvgIpc) is 3.28. The molecule has 0 amide bonds. The summed E-state index contributed by atoms with van der Waals surface area (Å²) in [7, 11) is 1.64. The van der Waals surface area contributed by atoms with Gasteiger partial charge >= 0.3 is 5.97 Å². The van der Waals surface area contributed by atoms with Crippen LogP contribution in [0.1, 0.15) is 15.9 Å². The van der Waals surface area contributed by atoms with Crippen molar-refractivity contribution in [3.63, 3.8) is 0 Å². The van der Waals surface area contributed by atoms with E-state index in [1.807, 2.05) is 53.9 Å². The lowest BCUT2D eigenvalue weighted by Crippen LogP contribution is -2.02. The number of anilines is 2. The van der Waals surface area contributed by atoms with E-state index in [0.29, 0.717) is 15.3 Å². The molecule has 0 fully saturated rings. The van der Waals surface area contributed by atoms with Crippen molar-refractivity contribution in [2.24, 2.45) is 4.99 Å². The van der Waals surface area contributed by atoms with Gasteiger partial charge in [0.25, 0.3) is 0 Å². The second-order valence-electron chi connectivity index (χ2n) is 6.74. The summed E-state index contributed by atoms with van der Waals surface area (Å²) in [6.07, 6.45) is 1.77. The predicted molar refractivity (Wildman–Crippen MR) is 132 cm³/mol. The molecule has 0 aliphatic rings. The molecule has 0 atom stereocenters. The van der Waals surface area contributed by atoms with Crippen molar-refractivity contribution in [1.82, 2.24) is 4.98 Å². The maximum absolute atomic E-state index is 11.5. The Morgan fingerprint density at radius 2 is 1.88 bits per heavy atom. The van der Waals surface area contributed by atoms with Gasteiger partial charge in [-0.3, -0.25) is 0 Å². The van der Waals surface area contributed by atoms with Crippen molar-refractivity contribution in [1.29, 1.82) is 0 Å². The molecule has 0 saturated carbocycles. The van der Waals surface area contributed by atoms with Crippen LogP contribution < -0.4 is 10.1 Å². The van der Waals surface area contributed by atoms with E-state index in [0.717, 1.165) is 28.3 Å². The number of aromatic carboxylic acids is 1. The number of halogens is 1. The van der Waals surface area contributed by atoms with Crippen LogP contribution in [0.4, 0.5) is 16.5 Å². The minimum Gasteiger partial charge on any atom is -0.497 e. The number of hydrogen-bond acceptors (Lipinski definition) is 6. The fraction of sp³-hybridized carbons (Fsp3) is 0.0417. The number of carboxylic acid groups (broad SMARTS) is 1. The highest BCUT2D eigenvalue weighted by atomic mass is 79.9. The summed E-state index contributed by atoms with van der Waals surface area (Å²) in [4.78, 5) is 20.5. The van der Waals surface area contributed by atoms with Gasteiger partial charge in [-0.25, -0.2) is 14.8 Å². The summed E-state index contributed by atoms with van der Waals surface area (Å²) in [5.41, 5.74) is 4.25. The number of rotatable bonds is 7. The Kier molecular flexibility index (Phi) is 6.63. The smallest absolute Gasteiger partial charge is 0.337 e. The van der Waals surface area contributed by atoms with Crippen LogP contribution in [0.5, 0.6) is 5.75 Å². The Morgan fingerprint density at radius 3 is 2.56 bits per heavy atom. The number of thiazole rings is 1. The van der Waals surface area contributed by atoms with E-state index >= 15 is 0 Å². The number of carbonyl (C=O) groups is 1. The highest BCUT2D eigenvalue weighted by Crippen LogP contribution is 2.29. The lowest BCUT2D eigenvalue weighted by molar-refractivity contribution is 0.0698. The number of carboxylic acids is 1. The standard InChI is InChI=1S/C24H18BrN3O3S/c1-31-19-9-2-15(3-10-19)13-26-24-28-22(14-32-24)16-4-7-18(8-5-16)27-21-11-6-17(25)12-20(21)23(29)30/h2-14,27H,1H3,(H,29,30)/b26-13+. The molecule has 0 aliphatic carbocycles. The van der Waals surface area contributed by atoms with Crippen LogP contribution >= 0.6 is 27.3 Å². The van der Waals surface area contributed by atoms with Gasteiger partial charge in [-0.05, 0) is 60.2 Å². The largest absolute Gasteiger partial charge is 0.497 e. The molecule has 6 nitrogen and oxygen atoms in total. The topological polar surface area (TPSA) is 83.8 Å². The van der Waals surface area contributed by atoms with E-state index in [1.165, 1.54) is 11.3 Å². The summed E-state index contributed by atoms with van der Waals surface area (Å²) >= 11 is 4.77. The van der Waals surface area contributed by atoms with E-state index in [9.17, 15) is 9.90 Å². The van der Waals surface area contributed by atoms with E-state index in [2.05, 4.69) is 31.2 Å². The van der Waals surface area contributed by atoms with Gasteiger partial charge in [0.1, 0.15) is 5.75 Å². The summed E-state index contributed by atoms with van der Waals surface area (Å²) in [5, 5.41) is 15.2. The third-order valence-electron chi connectivity index (χ3n) is 4.60. The van der Waals surface area contributed by atoms with Gasteiger partial charge in [0.05, 0.1) is 24.1 Å². The van der Waals surface area contributed by atoms with Crippen molar-refractivity contribution in [2.45, 2.75) is 0 Å². The summed E-state index contributed by atoms with van der Waals surface area (Å²) < 4.78 is 5.87. The quantitative estimate of drug-likeness (QED) is 0.269. The average molecular weight is 508 g/mol. The zero-order valence-electron chi connectivity index (χ0n) is 16.9. The van der Waals surface area contributed by atoms with E-state index < -0.39 is 5.97 Å². The monoisotopic (exact) mass is 507 g/mol. The normalized spacial score (nSPS) is 10.9. The van der Waals surface area contributed by atoms with E-state index in [1.54, 1.807) is 31.5 Å². The number of methoxy groups -OCH3 is 1. The molecule has 1 aromatic heterocycles. The number of ether oxygens (including phenoxy) is 1. The minimum atomic E-state index is -0.990. The lowest BCUT2D eigenvalue weighted by Gasteiger charge is -2.10. The lowest BCUT2D eigenvalue weighted by atomic mass is 10.1. The Morgan fingerprint density at radius 1 is 1.12 bits per heavy atom. The molecule has 0 unspecified atom stereocenters. The molecule has 4 aromatic rings. The first-order chi connectivity index (χ1) is 15.5. The molecule has 3 aromatic carbocycles. The van der Waals surface area contributed by atoms with Gasteiger partial charge in [-0.15, -0.1) is 11.3 Å². The first kappa shape index (κ1) is 21.7. The summed E-state index contributed by atoms with van der Waals surface area (Å²) in [5.74, 6) is -0.188. The van der Waals surface area contributed by atoms with Crippen molar-refractivity contribution in [3.05, 3.63) is 87.7 Å². The SMILES string of the molecule is COc1ccc(/C=N/c2nc(-c3ccc(Nc4ccc(Br)cc4C(=O)O)cc3)cs2)cc1. The highest BCUT2D eigenvalue weighted by molar-refractivity contribution is 9.10. The van der Waals surface area contributed by atoms with Crippen LogP contribution in [0.2, 0.25) is 0 Å². The summed E-state index contributed by atoms with van der Waals surface area (Å²) in [6, 6.07) is 20.4. The molecule has 8 heteroatoms. The number of nitrogens with one attached hydrogen (secondary N) is 1. The molecule has 0 bridgehead atoms. The van der Waals surface area contributed by atoms with Crippen molar-refractivity contribution in [3.8, 4) is 17.0 Å². The van der Waals surface area contributed by atoms with Gasteiger partial charge in [-0.2, -0.15) is 0 Å². The van der Waals surface area contributed by atoms with Crippen molar-refractivity contribution < 1.29 is 14.6 Å². The molecule has 1 heterocycles. The molecule has 0 spiro atoms. The van der Waals surface area contributed by atoms with Gasteiger partial charge in [0.2, 0.25) is 5.13 Å². The predicted octanol–water partition coefficient (Wildman–Crippen LogP) is 6.77. The molecule has 0 radical (unpaired) electrons. The zero-order chi connectivity index (χ0) is 22.5. The number of aromatic nitrogens is 1. The van der Waals surface area contributed by atoms with Crippen LogP contribution in [0.3, 0.4) is 0 Å². The van der Waals surface area contributed by atoms with E-state index in [4.69, 9.17) is 4.74 Å². The number of benzene rings is 3. The van der Waals surface area contributed by atoms with Gasteiger partial charge in [-0.1, -0.05) is 28.1 Å². The third-order valence-corrected chi connectivity index (χ3v) is 5.85. The number of nitrogens with zero attached hydrogens (tertiary/aromatic N) is 2. The molecule has 32 heavy (non-hydrogen) atoms. The maximum Gasteiger partial charge on any atom is 0.337 e. The first-order valence-corrected chi connectivity index (χ1v) is 11.2. The first-order valence-electron chi connectivity index (χ1n) is 9.56. The maximum atomic E-state index is 11.5. The minimum absolute atomic E-state index is 0.197. The number of hydrogen-bond donors (Lipinski definition) is 2. The van der Waals surface area contributed by atoms with Crippen LogP contribution in [0, 0.1) is 0 Å². The van der Waals surface area contributed by atoms with E-state index in [-0.39, 0.29) is 5.56 Å². The Bertz CT molecular complexity index is 1270. The van der Waals surface area contributed by atoms with Crippen LogP contribution in [-0.2, 0) is 0 Å². The van der Waals surface area contributed by atoms with Crippen LogP contribution in [0.25, 0.3) is 11.3 Å². The highest BCUT2D eigenvalue weighted by Gasteiger charge is 2.11. The van der Waals surface area contributed by atoms with Gasteiger partial charge < -0.3 is 15.2 Å². The fourth-order valence-electron chi connectivity index (χ4n) is 2.96.